The number of rotatable bonds is 5. The van der Waals surface area contributed by atoms with Crippen LogP contribution in [-0.4, -0.2) is 17.4 Å². The first kappa shape index (κ1) is 10.9. The average molecular weight is 160 g/mol. The minimum atomic E-state index is -0.378. The molecular weight excluding hydrogens is 140 g/mol. The number of hydrogen-bond donors (Lipinski definition) is 3. The second-order valence-corrected chi connectivity index (χ2v) is 3.52. The summed E-state index contributed by atoms with van der Waals surface area (Å²) in [6.45, 7) is 4.27. The molecule has 0 heterocycles. The van der Waals surface area contributed by atoms with E-state index < -0.39 is 0 Å². The maximum atomic E-state index is 9.31. The second kappa shape index (κ2) is 5.52. The van der Waals surface area contributed by atoms with E-state index in [4.69, 9.17) is 11.5 Å². The number of hydrogen-bond acceptors (Lipinski definition) is 3. The zero-order chi connectivity index (χ0) is 8.85. The van der Waals surface area contributed by atoms with Crippen LogP contribution in [0.15, 0.2) is 0 Å². The quantitative estimate of drug-likeness (QED) is 0.510. The fourth-order valence-electron chi connectivity index (χ4n) is 0.958. The van der Waals surface area contributed by atoms with Gasteiger partial charge < -0.3 is 16.6 Å². The number of aliphatic hydroxyl groups excluding tert-OH is 1. The van der Waals surface area contributed by atoms with Crippen LogP contribution in [0.2, 0.25) is 0 Å². The molecule has 0 saturated heterocycles. The van der Waals surface area contributed by atoms with Crippen LogP contribution in [0.1, 0.15) is 33.1 Å². The maximum Gasteiger partial charge on any atom is 0.0567 e. The topological polar surface area (TPSA) is 72.3 Å². The standard InChI is InChI=1S/C8H20N2O/c1-6(2)3-4-7(11)5-8(9)10/h6-8,11H,3-5,9-10H2,1-2H3. The fraction of sp³-hybridized carbons (Fsp3) is 1.00. The van der Waals surface area contributed by atoms with Crippen LogP contribution >= 0.6 is 0 Å². The van der Waals surface area contributed by atoms with Crippen LogP contribution in [0.3, 0.4) is 0 Å². The summed E-state index contributed by atoms with van der Waals surface area (Å²) in [5.74, 6) is 0.638. The molecule has 0 aliphatic heterocycles. The maximum absolute atomic E-state index is 9.31. The summed E-state index contributed by atoms with van der Waals surface area (Å²) in [6.07, 6.45) is 1.65. The molecule has 0 rings (SSSR count). The molecule has 0 aromatic carbocycles. The third-order valence-corrected chi connectivity index (χ3v) is 1.62. The molecule has 0 aromatic heterocycles. The first-order chi connectivity index (χ1) is 5.02. The summed E-state index contributed by atoms with van der Waals surface area (Å²) in [5, 5.41) is 9.31. The van der Waals surface area contributed by atoms with Gasteiger partial charge in [-0.3, -0.25) is 0 Å². The molecule has 0 fully saturated rings. The van der Waals surface area contributed by atoms with Crippen molar-refractivity contribution in [3.8, 4) is 0 Å². The van der Waals surface area contributed by atoms with E-state index in [-0.39, 0.29) is 12.3 Å². The van der Waals surface area contributed by atoms with E-state index in [9.17, 15) is 5.11 Å². The largest absolute Gasteiger partial charge is 0.393 e. The molecule has 5 N–H and O–H groups in total. The highest BCUT2D eigenvalue weighted by Crippen LogP contribution is 2.08. The van der Waals surface area contributed by atoms with E-state index in [1.165, 1.54) is 0 Å². The van der Waals surface area contributed by atoms with E-state index in [2.05, 4.69) is 13.8 Å². The summed E-state index contributed by atoms with van der Waals surface area (Å²) in [4.78, 5) is 0. The molecule has 0 radical (unpaired) electrons. The Morgan fingerprint density at radius 3 is 2.09 bits per heavy atom. The Morgan fingerprint density at radius 1 is 1.18 bits per heavy atom. The lowest BCUT2D eigenvalue weighted by molar-refractivity contribution is 0.139. The molecule has 1 atom stereocenters. The Labute approximate surface area is 68.8 Å². The molecule has 0 saturated carbocycles. The normalized spacial score (nSPS) is 14.5. The SMILES string of the molecule is CC(C)CCC(O)CC(N)N. The van der Waals surface area contributed by atoms with Crippen LogP contribution in [0, 0.1) is 5.92 Å². The molecule has 0 spiro atoms. The third kappa shape index (κ3) is 7.78. The Morgan fingerprint density at radius 2 is 1.73 bits per heavy atom. The van der Waals surface area contributed by atoms with E-state index in [1.807, 2.05) is 0 Å². The average Bonchev–Trinajstić information content (AvgIpc) is 1.82. The lowest BCUT2D eigenvalue weighted by atomic mass is 10.0. The van der Waals surface area contributed by atoms with Gasteiger partial charge in [0.05, 0.1) is 12.3 Å². The van der Waals surface area contributed by atoms with Crippen LogP contribution in [0.5, 0.6) is 0 Å². The van der Waals surface area contributed by atoms with Gasteiger partial charge in [0.1, 0.15) is 0 Å². The van der Waals surface area contributed by atoms with Gasteiger partial charge in [0.15, 0.2) is 0 Å². The van der Waals surface area contributed by atoms with Crippen LogP contribution < -0.4 is 11.5 Å². The second-order valence-electron chi connectivity index (χ2n) is 3.52. The molecular formula is C8H20N2O. The van der Waals surface area contributed by atoms with Crippen LogP contribution in [0.25, 0.3) is 0 Å². The van der Waals surface area contributed by atoms with E-state index in [1.54, 1.807) is 0 Å². The van der Waals surface area contributed by atoms with Gasteiger partial charge in [-0.15, -0.1) is 0 Å². The van der Waals surface area contributed by atoms with Crippen molar-refractivity contribution in [1.82, 2.24) is 0 Å². The highest BCUT2D eigenvalue weighted by molar-refractivity contribution is 4.62. The molecule has 1 unspecified atom stereocenters. The Bertz CT molecular complexity index is 94.1. The Kier molecular flexibility index (Phi) is 5.46. The van der Waals surface area contributed by atoms with Gasteiger partial charge in [0.2, 0.25) is 0 Å². The van der Waals surface area contributed by atoms with Crippen molar-refractivity contribution in [2.24, 2.45) is 17.4 Å². The molecule has 0 bridgehead atoms. The van der Waals surface area contributed by atoms with Gasteiger partial charge in [-0.25, -0.2) is 0 Å². The predicted molar refractivity (Wildman–Crippen MR) is 46.9 cm³/mol. The molecule has 0 aliphatic rings. The summed E-state index contributed by atoms with van der Waals surface area (Å²) in [6, 6.07) is 0. The summed E-state index contributed by atoms with van der Waals surface area (Å²) >= 11 is 0. The first-order valence-corrected chi connectivity index (χ1v) is 4.21. The van der Waals surface area contributed by atoms with Gasteiger partial charge in [-0.2, -0.15) is 0 Å². The minimum Gasteiger partial charge on any atom is -0.393 e. The fourth-order valence-corrected chi connectivity index (χ4v) is 0.958. The van der Waals surface area contributed by atoms with Gasteiger partial charge in [-0.1, -0.05) is 13.8 Å². The van der Waals surface area contributed by atoms with Gasteiger partial charge in [0.25, 0.3) is 0 Å². The van der Waals surface area contributed by atoms with Crippen LogP contribution in [0.4, 0.5) is 0 Å². The van der Waals surface area contributed by atoms with Gasteiger partial charge >= 0.3 is 0 Å². The zero-order valence-corrected chi connectivity index (χ0v) is 7.46. The van der Waals surface area contributed by atoms with Crippen molar-refractivity contribution < 1.29 is 5.11 Å². The molecule has 0 aromatic rings. The lowest BCUT2D eigenvalue weighted by Crippen LogP contribution is -2.34. The van der Waals surface area contributed by atoms with Gasteiger partial charge in [0, 0.05) is 6.42 Å². The predicted octanol–water partition coefficient (Wildman–Crippen LogP) is 0.417. The monoisotopic (exact) mass is 160 g/mol. The summed E-state index contributed by atoms with van der Waals surface area (Å²) in [7, 11) is 0. The van der Waals surface area contributed by atoms with Crippen molar-refractivity contribution in [3.63, 3.8) is 0 Å². The van der Waals surface area contributed by atoms with Gasteiger partial charge in [-0.05, 0) is 18.8 Å². The molecule has 11 heavy (non-hydrogen) atoms. The summed E-state index contributed by atoms with van der Waals surface area (Å²) in [5.41, 5.74) is 10.6. The highest BCUT2D eigenvalue weighted by Gasteiger charge is 2.07. The van der Waals surface area contributed by atoms with Crippen molar-refractivity contribution in [2.45, 2.75) is 45.4 Å². The smallest absolute Gasteiger partial charge is 0.0567 e. The van der Waals surface area contributed by atoms with E-state index in [0.29, 0.717) is 12.3 Å². The Hall–Kier alpha value is -0.120. The highest BCUT2D eigenvalue weighted by atomic mass is 16.3. The molecule has 3 heteroatoms. The zero-order valence-electron chi connectivity index (χ0n) is 7.46. The first-order valence-electron chi connectivity index (χ1n) is 4.21. The van der Waals surface area contributed by atoms with E-state index in [0.717, 1.165) is 12.8 Å². The lowest BCUT2D eigenvalue weighted by Gasteiger charge is -2.13. The third-order valence-electron chi connectivity index (χ3n) is 1.62. The number of aliphatic hydroxyl groups is 1. The molecule has 0 amide bonds. The van der Waals surface area contributed by atoms with Crippen molar-refractivity contribution in [3.05, 3.63) is 0 Å². The Balaban J connectivity index is 3.29. The molecule has 68 valence electrons. The number of nitrogens with two attached hydrogens (primary N) is 2. The molecule has 0 aliphatic carbocycles. The van der Waals surface area contributed by atoms with Crippen molar-refractivity contribution in [1.29, 1.82) is 0 Å². The summed E-state index contributed by atoms with van der Waals surface area (Å²) < 4.78 is 0. The van der Waals surface area contributed by atoms with Crippen LogP contribution in [-0.2, 0) is 0 Å². The minimum absolute atomic E-state index is 0.322. The van der Waals surface area contributed by atoms with E-state index >= 15 is 0 Å². The molecule has 3 nitrogen and oxygen atoms in total. The van der Waals surface area contributed by atoms with Crippen molar-refractivity contribution >= 4 is 0 Å². The van der Waals surface area contributed by atoms with Crippen molar-refractivity contribution in [2.75, 3.05) is 0 Å².